The van der Waals surface area contributed by atoms with E-state index in [0.29, 0.717) is 11.5 Å². The third-order valence-corrected chi connectivity index (χ3v) is 4.34. The molecule has 1 amide bonds. The highest BCUT2D eigenvalue weighted by Crippen LogP contribution is 2.21. The topological polar surface area (TPSA) is 79.8 Å². The van der Waals surface area contributed by atoms with Crippen LogP contribution in [0.5, 0.6) is 0 Å². The first-order valence-electron chi connectivity index (χ1n) is 9.06. The number of nitrogens with one attached hydrogen (secondary N) is 2. The summed E-state index contributed by atoms with van der Waals surface area (Å²) < 4.78 is 0. The summed E-state index contributed by atoms with van der Waals surface area (Å²) in [5.74, 6) is 0.320. The van der Waals surface area contributed by atoms with Crippen LogP contribution >= 0.6 is 0 Å². The first-order chi connectivity index (χ1) is 13.8. The molecule has 2 aromatic carbocycles. The van der Waals surface area contributed by atoms with E-state index < -0.39 is 0 Å². The summed E-state index contributed by atoms with van der Waals surface area (Å²) in [5, 5.41) is 15.2. The maximum Gasteiger partial charge on any atom is 0.276 e. The lowest BCUT2D eigenvalue weighted by atomic mass is 10.1. The van der Waals surface area contributed by atoms with Crippen molar-refractivity contribution in [2.45, 2.75) is 6.42 Å². The van der Waals surface area contributed by atoms with Crippen molar-refractivity contribution < 1.29 is 4.79 Å². The van der Waals surface area contributed by atoms with E-state index in [4.69, 9.17) is 0 Å². The van der Waals surface area contributed by atoms with Crippen LogP contribution < -0.4 is 10.6 Å². The van der Waals surface area contributed by atoms with E-state index in [1.807, 2.05) is 48.5 Å². The fourth-order valence-electron chi connectivity index (χ4n) is 2.92. The molecule has 2 aromatic heterocycles. The fourth-order valence-corrected chi connectivity index (χ4v) is 2.92. The number of carbonyl (C=O) groups excluding carboxylic acids is 1. The molecular formula is C22H19N5O. The van der Waals surface area contributed by atoms with Crippen molar-refractivity contribution in [2.75, 3.05) is 17.2 Å². The standard InChI is InChI=1S/C22H19N5O/c28-22(25-18-10-4-8-17-9-5-14-24-21(17)18)19-11-12-20(27-26-19)23-15-13-16-6-2-1-3-7-16/h1-12,14H,13,15H2,(H,23,27)(H,25,28). The van der Waals surface area contributed by atoms with E-state index in [-0.39, 0.29) is 11.6 Å². The van der Waals surface area contributed by atoms with Gasteiger partial charge < -0.3 is 10.6 Å². The average Bonchev–Trinajstić information content (AvgIpc) is 2.75. The zero-order valence-electron chi connectivity index (χ0n) is 15.2. The summed E-state index contributed by atoms with van der Waals surface area (Å²) >= 11 is 0. The van der Waals surface area contributed by atoms with Crippen LogP contribution in [0, 0.1) is 0 Å². The van der Waals surface area contributed by atoms with Crippen LogP contribution in [0.3, 0.4) is 0 Å². The highest BCUT2D eigenvalue weighted by Gasteiger charge is 2.11. The zero-order chi connectivity index (χ0) is 19.2. The summed E-state index contributed by atoms with van der Waals surface area (Å²) in [6.07, 6.45) is 2.59. The molecule has 0 saturated carbocycles. The predicted molar refractivity (Wildman–Crippen MR) is 110 cm³/mol. The Hall–Kier alpha value is -3.80. The van der Waals surface area contributed by atoms with Crippen molar-refractivity contribution in [1.29, 1.82) is 0 Å². The van der Waals surface area contributed by atoms with Crippen LogP contribution in [-0.2, 0) is 6.42 Å². The van der Waals surface area contributed by atoms with Crippen molar-refractivity contribution >= 4 is 28.3 Å². The van der Waals surface area contributed by atoms with Crippen LogP contribution in [0.2, 0.25) is 0 Å². The van der Waals surface area contributed by atoms with Gasteiger partial charge in [-0.25, -0.2) is 0 Å². The molecule has 0 spiro atoms. The molecule has 0 atom stereocenters. The predicted octanol–water partition coefficient (Wildman–Crippen LogP) is 3.93. The van der Waals surface area contributed by atoms with Gasteiger partial charge in [-0.1, -0.05) is 48.5 Å². The smallest absolute Gasteiger partial charge is 0.276 e. The Morgan fingerprint density at radius 3 is 2.54 bits per heavy atom. The quantitative estimate of drug-likeness (QED) is 0.538. The first kappa shape index (κ1) is 17.6. The summed E-state index contributed by atoms with van der Waals surface area (Å²) in [6, 6.07) is 23.1. The van der Waals surface area contributed by atoms with Gasteiger partial charge in [-0.05, 0) is 36.2 Å². The number of para-hydroxylation sites is 1. The van der Waals surface area contributed by atoms with Crippen molar-refractivity contribution in [2.24, 2.45) is 0 Å². The second-order valence-electron chi connectivity index (χ2n) is 6.30. The molecule has 6 heteroatoms. The SMILES string of the molecule is O=C(Nc1cccc2cccnc12)c1ccc(NCCc2ccccc2)nn1. The number of carbonyl (C=O) groups is 1. The second-order valence-corrected chi connectivity index (χ2v) is 6.30. The Morgan fingerprint density at radius 1 is 0.857 bits per heavy atom. The fraction of sp³-hybridized carbons (Fsp3) is 0.0909. The van der Waals surface area contributed by atoms with Gasteiger partial charge in [-0.15, -0.1) is 10.2 Å². The molecule has 2 heterocycles. The normalized spacial score (nSPS) is 10.6. The monoisotopic (exact) mass is 369 g/mol. The van der Waals surface area contributed by atoms with E-state index in [2.05, 4.69) is 37.9 Å². The number of fused-ring (bicyclic) bond motifs is 1. The van der Waals surface area contributed by atoms with Gasteiger partial charge in [0.25, 0.3) is 5.91 Å². The van der Waals surface area contributed by atoms with E-state index in [1.54, 1.807) is 18.3 Å². The molecule has 6 nitrogen and oxygen atoms in total. The molecule has 0 aliphatic heterocycles. The number of anilines is 2. The Bertz CT molecular complexity index is 1080. The number of hydrogen-bond donors (Lipinski definition) is 2. The molecular weight excluding hydrogens is 350 g/mol. The van der Waals surface area contributed by atoms with Crippen molar-refractivity contribution in [3.05, 3.63) is 90.3 Å². The lowest BCUT2D eigenvalue weighted by molar-refractivity contribution is 0.102. The number of aromatic nitrogens is 3. The molecule has 0 aliphatic rings. The number of amides is 1. The molecule has 0 saturated heterocycles. The number of hydrogen-bond acceptors (Lipinski definition) is 5. The van der Waals surface area contributed by atoms with Gasteiger partial charge >= 0.3 is 0 Å². The van der Waals surface area contributed by atoms with Crippen LogP contribution in [0.15, 0.2) is 79.0 Å². The van der Waals surface area contributed by atoms with Crippen LogP contribution in [0.1, 0.15) is 16.1 Å². The Labute approximate surface area is 162 Å². The first-order valence-corrected chi connectivity index (χ1v) is 9.06. The Kier molecular flexibility index (Phi) is 5.20. The van der Waals surface area contributed by atoms with Crippen molar-refractivity contribution in [3.8, 4) is 0 Å². The van der Waals surface area contributed by atoms with Gasteiger partial charge in [0.1, 0.15) is 5.82 Å². The van der Waals surface area contributed by atoms with Gasteiger partial charge in [0.05, 0.1) is 11.2 Å². The van der Waals surface area contributed by atoms with Crippen LogP contribution in [0.4, 0.5) is 11.5 Å². The summed E-state index contributed by atoms with van der Waals surface area (Å²) in [5.41, 5.74) is 2.89. The third-order valence-electron chi connectivity index (χ3n) is 4.34. The summed E-state index contributed by atoms with van der Waals surface area (Å²) in [6.45, 7) is 0.742. The van der Waals surface area contributed by atoms with Gasteiger partial charge in [-0.2, -0.15) is 0 Å². The van der Waals surface area contributed by atoms with E-state index >= 15 is 0 Å². The Balaban J connectivity index is 1.38. The van der Waals surface area contributed by atoms with Gasteiger partial charge in [-0.3, -0.25) is 9.78 Å². The molecule has 0 fully saturated rings. The molecule has 4 rings (SSSR count). The van der Waals surface area contributed by atoms with Gasteiger partial charge in [0, 0.05) is 18.1 Å². The van der Waals surface area contributed by atoms with Gasteiger partial charge in [0.2, 0.25) is 0 Å². The maximum absolute atomic E-state index is 12.5. The van der Waals surface area contributed by atoms with Gasteiger partial charge in [0.15, 0.2) is 5.69 Å². The van der Waals surface area contributed by atoms with E-state index in [9.17, 15) is 4.79 Å². The minimum Gasteiger partial charge on any atom is -0.368 e. The average molecular weight is 369 g/mol. The minimum absolute atomic E-state index is 0.251. The molecule has 4 aromatic rings. The molecule has 0 unspecified atom stereocenters. The Morgan fingerprint density at radius 2 is 1.71 bits per heavy atom. The third kappa shape index (κ3) is 4.12. The zero-order valence-corrected chi connectivity index (χ0v) is 15.2. The van der Waals surface area contributed by atoms with Crippen LogP contribution in [-0.4, -0.2) is 27.6 Å². The molecule has 0 radical (unpaired) electrons. The highest BCUT2D eigenvalue weighted by atomic mass is 16.1. The number of nitrogens with zero attached hydrogens (tertiary/aromatic N) is 3. The lowest BCUT2D eigenvalue weighted by Crippen LogP contribution is -2.15. The molecule has 0 bridgehead atoms. The lowest BCUT2D eigenvalue weighted by Gasteiger charge is -2.08. The van der Waals surface area contributed by atoms with Crippen LogP contribution in [0.25, 0.3) is 10.9 Å². The van der Waals surface area contributed by atoms with Crippen molar-refractivity contribution in [3.63, 3.8) is 0 Å². The summed E-state index contributed by atoms with van der Waals surface area (Å²) in [7, 11) is 0. The number of benzene rings is 2. The summed E-state index contributed by atoms with van der Waals surface area (Å²) in [4.78, 5) is 16.8. The molecule has 0 aliphatic carbocycles. The minimum atomic E-state index is -0.318. The van der Waals surface area contributed by atoms with Crippen molar-refractivity contribution in [1.82, 2.24) is 15.2 Å². The molecule has 28 heavy (non-hydrogen) atoms. The number of pyridine rings is 1. The molecule has 2 N–H and O–H groups in total. The van der Waals surface area contributed by atoms with E-state index in [0.717, 1.165) is 23.9 Å². The highest BCUT2D eigenvalue weighted by molar-refractivity contribution is 6.07. The largest absolute Gasteiger partial charge is 0.368 e. The maximum atomic E-state index is 12.5. The second kappa shape index (κ2) is 8.26. The number of rotatable bonds is 6. The molecule has 138 valence electrons. The van der Waals surface area contributed by atoms with E-state index in [1.165, 1.54) is 5.56 Å².